The van der Waals surface area contributed by atoms with E-state index in [4.69, 9.17) is 0 Å². The Balaban J connectivity index is 2.69. The molecule has 0 fully saturated rings. The van der Waals surface area contributed by atoms with E-state index in [0.29, 0.717) is 0 Å². The lowest BCUT2D eigenvalue weighted by molar-refractivity contribution is 0.621. The maximum absolute atomic E-state index is 3.36. The van der Waals surface area contributed by atoms with Crippen LogP contribution >= 0.6 is 11.8 Å². The van der Waals surface area contributed by atoms with Crippen molar-refractivity contribution in [3.8, 4) is 0 Å². The van der Waals surface area contributed by atoms with E-state index in [0.717, 1.165) is 26.2 Å². The van der Waals surface area contributed by atoms with E-state index in [1.54, 1.807) is 0 Å². The quantitative estimate of drug-likeness (QED) is 0.538. The fraction of sp³-hybridized carbons (Fsp3) is 1.00. The average molecular weight is 176 g/mol. The highest BCUT2D eigenvalue weighted by Crippen LogP contribution is 1.86. The first-order valence-electron chi connectivity index (χ1n) is 4.32. The van der Waals surface area contributed by atoms with E-state index in [-0.39, 0.29) is 0 Å². The summed E-state index contributed by atoms with van der Waals surface area (Å²) < 4.78 is 0. The maximum atomic E-state index is 3.36. The summed E-state index contributed by atoms with van der Waals surface area (Å²) in [6.07, 6.45) is 3.36. The first-order valence-corrected chi connectivity index (χ1v) is 5.71. The normalized spacial score (nSPS) is 10.4. The molecule has 68 valence electrons. The minimum atomic E-state index is 1.10. The van der Waals surface area contributed by atoms with Gasteiger partial charge in [-0.15, -0.1) is 0 Å². The number of thioether (sulfide) groups is 1. The van der Waals surface area contributed by atoms with E-state index >= 15 is 0 Å². The molecule has 0 aromatic rings. The molecule has 0 amide bonds. The molecule has 11 heavy (non-hydrogen) atoms. The Morgan fingerprint density at radius 2 is 1.64 bits per heavy atom. The summed E-state index contributed by atoms with van der Waals surface area (Å²) >= 11 is 1.89. The van der Waals surface area contributed by atoms with Crippen molar-refractivity contribution in [3.63, 3.8) is 0 Å². The van der Waals surface area contributed by atoms with Crippen molar-refractivity contribution in [1.29, 1.82) is 0 Å². The third-order valence-electron chi connectivity index (χ3n) is 1.39. The fourth-order valence-corrected chi connectivity index (χ4v) is 1.13. The molecule has 0 heterocycles. The van der Waals surface area contributed by atoms with Crippen LogP contribution in [0.3, 0.4) is 0 Å². The Hall–Kier alpha value is 0.270. The van der Waals surface area contributed by atoms with Gasteiger partial charge in [-0.25, -0.2) is 0 Å². The highest BCUT2D eigenvalue weighted by molar-refractivity contribution is 7.98. The maximum Gasteiger partial charge on any atom is 0.00770 e. The van der Waals surface area contributed by atoms with Crippen LogP contribution in [0, 0.1) is 0 Å². The monoisotopic (exact) mass is 176 g/mol. The number of hydrogen-bond donors (Lipinski definition) is 2. The van der Waals surface area contributed by atoms with Crippen LogP contribution in [0.25, 0.3) is 0 Å². The smallest absolute Gasteiger partial charge is 0.00770 e. The lowest BCUT2D eigenvalue weighted by Gasteiger charge is -2.03. The van der Waals surface area contributed by atoms with Crippen molar-refractivity contribution in [1.82, 2.24) is 10.6 Å². The van der Waals surface area contributed by atoms with Crippen LogP contribution in [0.4, 0.5) is 0 Å². The van der Waals surface area contributed by atoms with Gasteiger partial charge in [-0.2, -0.15) is 11.8 Å². The molecule has 0 spiro atoms. The molecule has 0 bridgehead atoms. The van der Waals surface area contributed by atoms with Crippen LogP contribution in [-0.4, -0.2) is 38.2 Å². The Kier molecular flexibility index (Phi) is 10.5. The first-order chi connectivity index (χ1) is 5.41. The summed E-state index contributed by atoms with van der Waals surface area (Å²) in [6.45, 7) is 6.66. The number of hydrogen-bond acceptors (Lipinski definition) is 3. The highest BCUT2D eigenvalue weighted by Gasteiger charge is 1.85. The zero-order chi connectivity index (χ0) is 8.36. The average Bonchev–Trinajstić information content (AvgIpc) is 2.03. The second-order valence-electron chi connectivity index (χ2n) is 2.49. The van der Waals surface area contributed by atoms with E-state index in [1.807, 2.05) is 11.8 Å². The molecule has 2 nitrogen and oxygen atoms in total. The van der Waals surface area contributed by atoms with E-state index in [2.05, 4.69) is 23.8 Å². The third kappa shape index (κ3) is 10.3. The molecule has 0 aliphatic rings. The zero-order valence-electron chi connectivity index (χ0n) is 7.65. The van der Waals surface area contributed by atoms with Crippen LogP contribution in [0.15, 0.2) is 0 Å². The SMILES string of the molecule is CCCNCCNCCSC. The Labute approximate surface area is 74.5 Å². The Morgan fingerprint density at radius 3 is 2.18 bits per heavy atom. The molecule has 0 radical (unpaired) electrons. The molecule has 0 atom stereocenters. The molecule has 0 saturated heterocycles. The van der Waals surface area contributed by atoms with Crippen molar-refractivity contribution in [2.75, 3.05) is 38.2 Å². The van der Waals surface area contributed by atoms with E-state index in [1.165, 1.54) is 12.2 Å². The van der Waals surface area contributed by atoms with Crippen molar-refractivity contribution in [2.45, 2.75) is 13.3 Å². The van der Waals surface area contributed by atoms with Gasteiger partial charge in [0.05, 0.1) is 0 Å². The number of nitrogens with one attached hydrogen (secondary N) is 2. The minimum absolute atomic E-state index is 1.10. The second kappa shape index (κ2) is 10.3. The van der Waals surface area contributed by atoms with Gasteiger partial charge in [0.15, 0.2) is 0 Å². The molecule has 0 aromatic carbocycles. The fourth-order valence-electron chi connectivity index (χ4n) is 0.778. The lowest BCUT2D eigenvalue weighted by Crippen LogP contribution is -2.29. The van der Waals surface area contributed by atoms with E-state index < -0.39 is 0 Å². The van der Waals surface area contributed by atoms with Crippen molar-refractivity contribution >= 4 is 11.8 Å². The predicted molar refractivity (Wildman–Crippen MR) is 54.4 cm³/mol. The molecule has 0 saturated carbocycles. The van der Waals surface area contributed by atoms with Gasteiger partial charge in [0.2, 0.25) is 0 Å². The van der Waals surface area contributed by atoms with Crippen LogP contribution in [-0.2, 0) is 0 Å². The summed E-state index contributed by atoms with van der Waals surface area (Å²) in [5.74, 6) is 1.22. The largest absolute Gasteiger partial charge is 0.315 e. The van der Waals surface area contributed by atoms with E-state index in [9.17, 15) is 0 Å². The van der Waals surface area contributed by atoms with Gasteiger partial charge in [0.25, 0.3) is 0 Å². The summed E-state index contributed by atoms with van der Waals surface area (Å²) in [4.78, 5) is 0. The molecule has 0 unspecified atom stereocenters. The highest BCUT2D eigenvalue weighted by atomic mass is 32.2. The van der Waals surface area contributed by atoms with Crippen molar-refractivity contribution < 1.29 is 0 Å². The van der Waals surface area contributed by atoms with Gasteiger partial charge in [-0.1, -0.05) is 6.92 Å². The topological polar surface area (TPSA) is 24.1 Å². The van der Waals surface area contributed by atoms with Gasteiger partial charge >= 0.3 is 0 Å². The second-order valence-corrected chi connectivity index (χ2v) is 3.48. The molecule has 0 rings (SSSR count). The summed E-state index contributed by atoms with van der Waals surface area (Å²) in [7, 11) is 0. The van der Waals surface area contributed by atoms with Gasteiger partial charge in [-0.3, -0.25) is 0 Å². The third-order valence-corrected chi connectivity index (χ3v) is 2.00. The first kappa shape index (κ1) is 11.3. The molecule has 0 aliphatic heterocycles. The van der Waals surface area contributed by atoms with Crippen LogP contribution < -0.4 is 10.6 Å². The summed E-state index contributed by atoms with van der Waals surface area (Å²) in [5, 5.41) is 6.70. The molecule has 0 aliphatic carbocycles. The van der Waals surface area contributed by atoms with Crippen LogP contribution in [0.5, 0.6) is 0 Å². The Morgan fingerprint density at radius 1 is 1.00 bits per heavy atom. The predicted octanol–water partition coefficient (Wildman–Crippen LogP) is 0.939. The minimum Gasteiger partial charge on any atom is -0.315 e. The van der Waals surface area contributed by atoms with Gasteiger partial charge in [-0.05, 0) is 19.2 Å². The summed E-state index contributed by atoms with van der Waals surface area (Å²) in [6, 6.07) is 0. The van der Waals surface area contributed by atoms with Crippen LogP contribution in [0.1, 0.15) is 13.3 Å². The standard InChI is InChI=1S/C8H20N2S/c1-3-4-9-5-6-10-7-8-11-2/h9-10H,3-8H2,1-2H3. The van der Waals surface area contributed by atoms with Gasteiger partial charge < -0.3 is 10.6 Å². The lowest BCUT2D eigenvalue weighted by atomic mass is 10.5. The van der Waals surface area contributed by atoms with Crippen molar-refractivity contribution in [2.24, 2.45) is 0 Å². The molecule has 0 aromatic heterocycles. The summed E-state index contributed by atoms with van der Waals surface area (Å²) in [5.41, 5.74) is 0. The van der Waals surface area contributed by atoms with Crippen molar-refractivity contribution in [3.05, 3.63) is 0 Å². The molecular weight excluding hydrogens is 156 g/mol. The van der Waals surface area contributed by atoms with Gasteiger partial charge in [0.1, 0.15) is 0 Å². The molecule has 3 heteroatoms. The molecular formula is C8H20N2S. The van der Waals surface area contributed by atoms with Gasteiger partial charge in [0, 0.05) is 25.4 Å². The van der Waals surface area contributed by atoms with Crippen LogP contribution in [0.2, 0.25) is 0 Å². The Bertz CT molecular complexity index is 61.1. The zero-order valence-corrected chi connectivity index (χ0v) is 8.47. The number of rotatable bonds is 8. The molecule has 2 N–H and O–H groups in total.